The number of carbonyl (C=O) groups is 2. The van der Waals surface area contributed by atoms with Gasteiger partial charge in [0.1, 0.15) is 0 Å². The highest BCUT2D eigenvalue weighted by atomic mass is 16.2. The summed E-state index contributed by atoms with van der Waals surface area (Å²) in [5.74, 6) is 0.746. The van der Waals surface area contributed by atoms with E-state index in [4.69, 9.17) is 0 Å². The summed E-state index contributed by atoms with van der Waals surface area (Å²) in [6.45, 7) is 2.90. The highest BCUT2D eigenvalue weighted by molar-refractivity contribution is 5.93. The lowest BCUT2D eigenvalue weighted by atomic mass is 9.99. The van der Waals surface area contributed by atoms with Crippen LogP contribution in [0.15, 0.2) is 84.9 Å². The van der Waals surface area contributed by atoms with Crippen LogP contribution in [0.5, 0.6) is 0 Å². The lowest BCUT2D eigenvalue weighted by molar-refractivity contribution is 0.221. The SMILES string of the molecule is O=C(Nc1cccc(NC(=O)N2CC[C@H](c3ccccc3)C2)c1)N1CC[C@@H](c2ccccc2)C1. The number of hydrogen-bond donors (Lipinski definition) is 2. The van der Waals surface area contributed by atoms with Crippen LogP contribution in [-0.4, -0.2) is 48.0 Å². The third kappa shape index (κ3) is 5.06. The Hall–Kier alpha value is -3.80. The minimum absolute atomic E-state index is 0.104. The molecule has 3 aromatic carbocycles. The van der Waals surface area contributed by atoms with Crippen molar-refractivity contribution in [2.45, 2.75) is 24.7 Å². The van der Waals surface area contributed by atoms with E-state index in [1.54, 1.807) is 0 Å². The standard InChI is InChI=1S/C28H30N4O2/c33-27(31-16-14-23(19-31)21-8-3-1-4-9-21)29-25-12-7-13-26(18-25)30-28(34)32-17-15-24(20-32)22-10-5-2-6-11-22/h1-13,18,23-24H,14-17,19-20H2,(H,29,33)(H,30,34)/t23-,24+. The van der Waals surface area contributed by atoms with Gasteiger partial charge in [0.2, 0.25) is 0 Å². The molecule has 0 saturated carbocycles. The fraction of sp³-hybridized carbons (Fsp3) is 0.286. The number of nitrogens with zero attached hydrogens (tertiary/aromatic N) is 2. The first-order chi connectivity index (χ1) is 16.7. The van der Waals surface area contributed by atoms with E-state index in [1.807, 2.05) is 70.5 Å². The van der Waals surface area contributed by atoms with E-state index >= 15 is 0 Å². The number of carbonyl (C=O) groups excluding carboxylic acids is 2. The maximum Gasteiger partial charge on any atom is 0.321 e. The first-order valence-electron chi connectivity index (χ1n) is 12.0. The number of benzene rings is 3. The minimum Gasteiger partial charge on any atom is -0.324 e. The molecule has 2 aliphatic rings. The van der Waals surface area contributed by atoms with Crippen molar-refractivity contribution in [3.05, 3.63) is 96.1 Å². The Bertz CT molecular complexity index is 1050. The van der Waals surface area contributed by atoms with Gasteiger partial charge in [-0.2, -0.15) is 0 Å². The summed E-state index contributed by atoms with van der Waals surface area (Å²) >= 11 is 0. The van der Waals surface area contributed by atoms with E-state index in [1.165, 1.54) is 11.1 Å². The van der Waals surface area contributed by atoms with Gasteiger partial charge >= 0.3 is 12.1 Å². The van der Waals surface area contributed by atoms with Gasteiger partial charge in [0.05, 0.1) is 0 Å². The van der Waals surface area contributed by atoms with Gasteiger partial charge in [-0.25, -0.2) is 9.59 Å². The van der Waals surface area contributed by atoms with Crippen molar-refractivity contribution in [3.63, 3.8) is 0 Å². The zero-order valence-corrected chi connectivity index (χ0v) is 19.2. The first kappa shape index (κ1) is 22.0. The van der Waals surface area contributed by atoms with Crippen molar-refractivity contribution in [3.8, 4) is 0 Å². The maximum atomic E-state index is 12.8. The highest BCUT2D eigenvalue weighted by Gasteiger charge is 2.28. The Labute approximate surface area is 200 Å². The molecule has 5 rings (SSSR count). The average Bonchev–Trinajstić information content (AvgIpc) is 3.56. The van der Waals surface area contributed by atoms with Gasteiger partial charge in [-0.15, -0.1) is 0 Å². The summed E-state index contributed by atoms with van der Waals surface area (Å²) in [7, 11) is 0. The van der Waals surface area contributed by atoms with Gasteiger partial charge in [0, 0.05) is 49.4 Å². The molecule has 174 valence electrons. The fourth-order valence-electron chi connectivity index (χ4n) is 4.96. The van der Waals surface area contributed by atoms with Crippen LogP contribution < -0.4 is 10.6 Å². The summed E-state index contributed by atoms with van der Waals surface area (Å²) < 4.78 is 0. The molecule has 2 N–H and O–H groups in total. The Kier molecular flexibility index (Phi) is 6.47. The molecular formula is C28H30N4O2. The second-order valence-corrected chi connectivity index (χ2v) is 9.13. The molecule has 0 aromatic heterocycles. The molecule has 0 spiro atoms. The Balaban J connectivity index is 1.15. The van der Waals surface area contributed by atoms with Gasteiger partial charge in [0.15, 0.2) is 0 Å². The average molecular weight is 455 g/mol. The van der Waals surface area contributed by atoms with Crippen LogP contribution in [0.25, 0.3) is 0 Å². The van der Waals surface area contributed by atoms with Gasteiger partial charge < -0.3 is 20.4 Å². The number of nitrogens with one attached hydrogen (secondary N) is 2. The third-order valence-electron chi connectivity index (χ3n) is 6.86. The molecule has 3 aromatic rings. The van der Waals surface area contributed by atoms with Crippen LogP contribution in [0.2, 0.25) is 0 Å². The molecule has 0 radical (unpaired) electrons. The Morgan fingerprint density at radius 3 is 1.50 bits per heavy atom. The van der Waals surface area contributed by atoms with Crippen molar-refractivity contribution in [1.82, 2.24) is 9.80 Å². The Morgan fingerprint density at radius 2 is 1.06 bits per heavy atom. The summed E-state index contributed by atoms with van der Waals surface area (Å²) in [5, 5.41) is 5.98. The molecule has 6 nitrogen and oxygen atoms in total. The van der Waals surface area contributed by atoms with E-state index in [-0.39, 0.29) is 12.1 Å². The molecule has 0 aliphatic carbocycles. The maximum absolute atomic E-state index is 12.8. The molecule has 6 heteroatoms. The largest absolute Gasteiger partial charge is 0.324 e. The fourth-order valence-corrected chi connectivity index (χ4v) is 4.96. The number of anilines is 2. The molecule has 34 heavy (non-hydrogen) atoms. The topological polar surface area (TPSA) is 64.7 Å². The predicted octanol–water partition coefficient (Wildman–Crippen LogP) is 5.73. The zero-order chi connectivity index (χ0) is 23.3. The molecule has 2 heterocycles. The van der Waals surface area contributed by atoms with Crippen LogP contribution in [0, 0.1) is 0 Å². The van der Waals surface area contributed by atoms with Gasteiger partial charge in [-0.05, 0) is 42.2 Å². The van der Waals surface area contributed by atoms with Crippen LogP contribution in [-0.2, 0) is 0 Å². The summed E-state index contributed by atoms with van der Waals surface area (Å²) in [6.07, 6.45) is 1.93. The van der Waals surface area contributed by atoms with Crippen LogP contribution in [0.3, 0.4) is 0 Å². The summed E-state index contributed by atoms with van der Waals surface area (Å²) in [6, 6.07) is 27.8. The van der Waals surface area contributed by atoms with Crippen LogP contribution in [0.4, 0.5) is 21.0 Å². The molecule has 2 saturated heterocycles. The lowest BCUT2D eigenvalue weighted by Gasteiger charge is -2.19. The second-order valence-electron chi connectivity index (χ2n) is 9.13. The molecular weight excluding hydrogens is 424 g/mol. The number of likely N-dealkylation sites (tertiary alicyclic amines) is 2. The van der Waals surface area contributed by atoms with E-state index in [2.05, 4.69) is 34.9 Å². The monoisotopic (exact) mass is 454 g/mol. The smallest absolute Gasteiger partial charge is 0.321 e. The van der Waals surface area contributed by atoms with Crippen molar-refractivity contribution in [1.29, 1.82) is 0 Å². The minimum atomic E-state index is -0.104. The normalized spacial score (nSPS) is 19.8. The van der Waals surface area contributed by atoms with E-state index in [0.717, 1.165) is 25.9 Å². The highest BCUT2D eigenvalue weighted by Crippen LogP contribution is 2.29. The summed E-state index contributed by atoms with van der Waals surface area (Å²) in [4.78, 5) is 29.4. The number of amides is 4. The molecule has 2 fully saturated rings. The quantitative estimate of drug-likeness (QED) is 0.529. The molecule has 0 bridgehead atoms. The molecule has 0 unspecified atom stereocenters. The van der Waals surface area contributed by atoms with E-state index < -0.39 is 0 Å². The van der Waals surface area contributed by atoms with E-state index in [9.17, 15) is 9.59 Å². The lowest BCUT2D eigenvalue weighted by Crippen LogP contribution is -2.33. The van der Waals surface area contributed by atoms with E-state index in [0.29, 0.717) is 36.3 Å². The third-order valence-corrected chi connectivity index (χ3v) is 6.86. The first-order valence-corrected chi connectivity index (χ1v) is 12.0. The molecule has 4 amide bonds. The summed E-state index contributed by atoms with van der Waals surface area (Å²) in [5.41, 5.74) is 3.90. The van der Waals surface area contributed by atoms with Crippen molar-refractivity contribution in [2.75, 3.05) is 36.8 Å². The van der Waals surface area contributed by atoms with Crippen LogP contribution in [0.1, 0.15) is 35.8 Å². The number of rotatable bonds is 4. The van der Waals surface area contributed by atoms with Gasteiger partial charge in [-0.3, -0.25) is 0 Å². The van der Waals surface area contributed by atoms with Crippen molar-refractivity contribution >= 4 is 23.4 Å². The molecule has 2 atom stereocenters. The molecule has 2 aliphatic heterocycles. The van der Waals surface area contributed by atoms with Crippen molar-refractivity contribution < 1.29 is 9.59 Å². The number of hydrogen-bond acceptors (Lipinski definition) is 2. The van der Waals surface area contributed by atoms with Gasteiger partial charge in [0.25, 0.3) is 0 Å². The zero-order valence-electron chi connectivity index (χ0n) is 19.2. The van der Waals surface area contributed by atoms with Crippen LogP contribution >= 0.6 is 0 Å². The number of urea groups is 2. The Morgan fingerprint density at radius 1 is 0.618 bits per heavy atom. The van der Waals surface area contributed by atoms with Crippen molar-refractivity contribution in [2.24, 2.45) is 0 Å². The second kappa shape index (κ2) is 10.00. The predicted molar refractivity (Wildman–Crippen MR) is 135 cm³/mol. The van der Waals surface area contributed by atoms with Gasteiger partial charge in [-0.1, -0.05) is 66.7 Å².